The smallest absolute Gasteiger partial charge is 0.255 e. The van der Waals surface area contributed by atoms with E-state index in [9.17, 15) is 4.79 Å². The first-order chi connectivity index (χ1) is 18.0. The van der Waals surface area contributed by atoms with Crippen LogP contribution in [0, 0.1) is 0 Å². The van der Waals surface area contributed by atoms with Crippen LogP contribution >= 0.6 is 0 Å². The van der Waals surface area contributed by atoms with Crippen molar-refractivity contribution in [3.05, 3.63) is 83.8 Å². The highest BCUT2D eigenvalue weighted by atomic mass is 16.5. The molecule has 1 aliphatic rings. The summed E-state index contributed by atoms with van der Waals surface area (Å²) in [6.07, 6.45) is 3.38. The maximum Gasteiger partial charge on any atom is 0.255 e. The largest absolute Gasteiger partial charge is 0.493 e. The van der Waals surface area contributed by atoms with Crippen LogP contribution < -0.4 is 24.8 Å². The van der Waals surface area contributed by atoms with E-state index >= 15 is 0 Å². The monoisotopic (exact) mass is 498 g/mol. The molecule has 1 amide bonds. The molecule has 10 nitrogen and oxygen atoms in total. The number of nitrogens with one attached hydrogen (secondary N) is 2. The number of methoxy groups -OCH3 is 3. The molecule has 188 valence electrons. The molecule has 0 saturated carbocycles. The van der Waals surface area contributed by atoms with Gasteiger partial charge in [0, 0.05) is 29.3 Å². The third-order valence-corrected chi connectivity index (χ3v) is 6.07. The lowest BCUT2D eigenvalue weighted by Gasteiger charge is -2.28. The lowest BCUT2D eigenvalue weighted by atomic mass is 9.96. The third-order valence-electron chi connectivity index (χ3n) is 6.07. The maximum atomic E-state index is 13.6. The van der Waals surface area contributed by atoms with Crippen molar-refractivity contribution in [3.8, 4) is 28.6 Å². The summed E-state index contributed by atoms with van der Waals surface area (Å²) in [5, 5.41) is 11.1. The van der Waals surface area contributed by atoms with Gasteiger partial charge in [0.05, 0.1) is 26.9 Å². The molecule has 0 saturated heterocycles. The zero-order chi connectivity index (χ0) is 25.9. The number of nitrogens with zero attached hydrogens (tertiary/aromatic N) is 4. The average molecular weight is 499 g/mol. The van der Waals surface area contributed by atoms with E-state index < -0.39 is 6.04 Å². The van der Waals surface area contributed by atoms with Crippen LogP contribution in [0.4, 0.5) is 11.6 Å². The van der Waals surface area contributed by atoms with Gasteiger partial charge in [0.25, 0.3) is 5.91 Å². The molecule has 0 spiro atoms. The minimum atomic E-state index is -0.536. The SMILES string of the molecule is COc1cc(-c2nc3n(n2)C(c2ccncc2)C(C(=O)Nc2ccccc2)=C(C)N3)cc(OC)c1OC. The summed E-state index contributed by atoms with van der Waals surface area (Å²) in [6, 6.07) is 16.1. The van der Waals surface area contributed by atoms with E-state index in [0.717, 1.165) is 5.56 Å². The van der Waals surface area contributed by atoms with E-state index in [4.69, 9.17) is 24.3 Å². The number of carbonyl (C=O) groups excluding carboxylic acids is 1. The number of aromatic nitrogens is 4. The van der Waals surface area contributed by atoms with Gasteiger partial charge in [-0.2, -0.15) is 4.98 Å². The molecule has 2 N–H and O–H groups in total. The first-order valence-electron chi connectivity index (χ1n) is 11.5. The number of carbonyl (C=O) groups is 1. The van der Waals surface area contributed by atoms with E-state index in [0.29, 0.717) is 51.5 Å². The van der Waals surface area contributed by atoms with Gasteiger partial charge in [-0.3, -0.25) is 9.78 Å². The minimum absolute atomic E-state index is 0.242. The Balaban J connectivity index is 1.61. The summed E-state index contributed by atoms with van der Waals surface area (Å²) in [4.78, 5) is 22.4. The number of ether oxygens (including phenoxy) is 3. The molecule has 0 aliphatic carbocycles. The van der Waals surface area contributed by atoms with Gasteiger partial charge in [0.15, 0.2) is 17.3 Å². The standard InChI is InChI=1S/C27H26N6O4/c1-16-22(26(34)30-19-8-6-5-7-9-19)23(17-10-12-28-13-11-17)33-27(29-16)31-25(32-33)18-14-20(35-2)24(37-4)21(15-18)36-3/h5-15,23H,1-4H3,(H,30,34)(H,29,31,32). The topological polar surface area (TPSA) is 112 Å². The maximum absolute atomic E-state index is 13.6. The molecule has 0 bridgehead atoms. The Hall–Kier alpha value is -4.86. The van der Waals surface area contributed by atoms with Gasteiger partial charge in [0.1, 0.15) is 6.04 Å². The van der Waals surface area contributed by atoms with Crippen LogP contribution in [0.15, 0.2) is 78.3 Å². The summed E-state index contributed by atoms with van der Waals surface area (Å²) in [7, 11) is 4.66. The zero-order valence-corrected chi connectivity index (χ0v) is 20.9. The number of amides is 1. The highest BCUT2D eigenvalue weighted by Crippen LogP contribution is 2.42. The quantitative estimate of drug-likeness (QED) is 0.388. The Morgan fingerprint density at radius 2 is 1.65 bits per heavy atom. The van der Waals surface area contributed by atoms with Gasteiger partial charge in [-0.05, 0) is 48.9 Å². The van der Waals surface area contributed by atoms with Gasteiger partial charge < -0.3 is 24.8 Å². The third kappa shape index (κ3) is 4.44. The average Bonchev–Trinajstić information content (AvgIpc) is 3.36. The molecular weight excluding hydrogens is 472 g/mol. The van der Waals surface area contributed by atoms with E-state index in [1.165, 1.54) is 0 Å². The molecule has 1 unspecified atom stereocenters. The summed E-state index contributed by atoms with van der Waals surface area (Å²) in [5.41, 5.74) is 3.40. The molecule has 0 fully saturated rings. The van der Waals surface area contributed by atoms with Crippen molar-refractivity contribution in [2.45, 2.75) is 13.0 Å². The van der Waals surface area contributed by atoms with Crippen LogP contribution in [0.5, 0.6) is 17.2 Å². The van der Waals surface area contributed by atoms with Gasteiger partial charge in [-0.15, -0.1) is 5.10 Å². The number of hydrogen-bond donors (Lipinski definition) is 2. The van der Waals surface area contributed by atoms with Crippen LogP contribution in [-0.2, 0) is 4.79 Å². The van der Waals surface area contributed by atoms with Gasteiger partial charge in [-0.25, -0.2) is 4.68 Å². The molecule has 1 atom stereocenters. The van der Waals surface area contributed by atoms with Gasteiger partial charge >= 0.3 is 0 Å². The molecule has 2 aromatic carbocycles. The fraction of sp³-hybridized carbons (Fsp3) is 0.185. The molecule has 2 aromatic heterocycles. The summed E-state index contributed by atoms with van der Waals surface area (Å²) < 4.78 is 18.2. The lowest BCUT2D eigenvalue weighted by molar-refractivity contribution is -0.113. The second-order valence-electron chi connectivity index (χ2n) is 8.28. The Labute approximate surface area is 213 Å². The van der Waals surface area contributed by atoms with Crippen molar-refractivity contribution >= 4 is 17.5 Å². The van der Waals surface area contributed by atoms with Crippen molar-refractivity contribution in [3.63, 3.8) is 0 Å². The fourth-order valence-corrected chi connectivity index (χ4v) is 4.35. The Morgan fingerprint density at radius 3 is 2.27 bits per heavy atom. The number of allylic oxidation sites excluding steroid dienone is 1. The van der Waals surface area contributed by atoms with E-state index in [2.05, 4.69) is 15.6 Å². The number of rotatable bonds is 7. The van der Waals surface area contributed by atoms with Gasteiger partial charge in [-0.1, -0.05) is 18.2 Å². The van der Waals surface area contributed by atoms with Crippen LogP contribution in [0.25, 0.3) is 11.4 Å². The minimum Gasteiger partial charge on any atom is -0.493 e. The highest BCUT2D eigenvalue weighted by molar-refractivity contribution is 6.06. The predicted octanol–water partition coefficient (Wildman–Crippen LogP) is 4.29. The number of para-hydroxylation sites is 1. The number of anilines is 2. The summed E-state index contributed by atoms with van der Waals surface area (Å²) in [6.45, 7) is 1.85. The van der Waals surface area contributed by atoms with E-state index in [1.54, 1.807) is 50.5 Å². The summed E-state index contributed by atoms with van der Waals surface area (Å²) >= 11 is 0. The second kappa shape index (κ2) is 10.0. The second-order valence-corrected chi connectivity index (χ2v) is 8.28. The zero-order valence-electron chi connectivity index (χ0n) is 20.9. The Kier molecular flexibility index (Phi) is 6.46. The summed E-state index contributed by atoms with van der Waals surface area (Å²) in [5.74, 6) is 2.13. The van der Waals surface area contributed by atoms with Crippen molar-refractivity contribution in [2.24, 2.45) is 0 Å². The lowest BCUT2D eigenvalue weighted by Crippen LogP contribution is -2.31. The number of pyridine rings is 1. The van der Waals surface area contributed by atoms with E-state index in [-0.39, 0.29) is 5.91 Å². The normalized spacial score (nSPS) is 14.4. The Morgan fingerprint density at radius 1 is 0.973 bits per heavy atom. The van der Waals surface area contributed by atoms with Gasteiger partial charge in [0.2, 0.25) is 11.7 Å². The van der Waals surface area contributed by atoms with Crippen molar-refractivity contribution in [1.82, 2.24) is 19.7 Å². The fourth-order valence-electron chi connectivity index (χ4n) is 4.35. The molecule has 5 rings (SSSR count). The van der Waals surface area contributed by atoms with Crippen LogP contribution in [0.2, 0.25) is 0 Å². The van der Waals surface area contributed by atoms with Crippen LogP contribution in [0.3, 0.4) is 0 Å². The first-order valence-corrected chi connectivity index (χ1v) is 11.5. The highest BCUT2D eigenvalue weighted by Gasteiger charge is 2.34. The van der Waals surface area contributed by atoms with E-state index in [1.807, 2.05) is 49.4 Å². The molecule has 0 radical (unpaired) electrons. The number of benzene rings is 2. The Bertz CT molecular complexity index is 1440. The molecular formula is C27H26N6O4. The molecule has 37 heavy (non-hydrogen) atoms. The van der Waals surface area contributed by atoms with Crippen LogP contribution in [0.1, 0.15) is 18.5 Å². The van der Waals surface area contributed by atoms with Crippen molar-refractivity contribution in [2.75, 3.05) is 32.0 Å². The molecule has 1 aliphatic heterocycles. The van der Waals surface area contributed by atoms with Crippen molar-refractivity contribution in [1.29, 1.82) is 0 Å². The molecule has 4 aromatic rings. The number of hydrogen-bond acceptors (Lipinski definition) is 8. The molecule has 3 heterocycles. The number of fused-ring (bicyclic) bond motifs is 1. The predicted molar refractivity (Wildman–Crippen MR) is 139 cm³/mol. The van der Waals surface area contributed by atoms with Crippen molar-refractivity contribution < 1.29 is 19.0 Å². The molecule has 10 heteroatoms. The first kappa shape index (κ1) is 23.9. The van der Waals surface area contributed by atoms with Crippen LogP contribution in [-0.4, -0.2) is 47.0 Å².